The SMILES string of the molecule is CCC(CC)(CN)C(=O)NCc1cccc(Cl)c1. The van der Waals surface area contributed by atoms with Crippen LogP contribution < -0.4 is 11.1 Å². The molecule has 0 saturated carbocycles. The van der Waals surface area contributed by atoms with E-state index in [0.29, 0.717) is 18.1 Å². The number of amides is 1. The number of hydrogen-bond donors (Lipinski definition) is 2. The fourth-order valence-corrected chi connectivity index (χ4v) is 2.18. The fraction of sp³-hybridized carbons (Fsp3) is 0.500. The van der Waals surface area contributed by atoms with Gasteiger partial charge in [-0.2, -0.15) is 0 Å². The zero-order valence-electron chi connectivity index (χ0n) is 11.0. The van der Waals surface area contributed by atoms with Gasteiger partial charge in [-0.1, -0.05) is 37.6 Å². The molecule has 0 saturated heterocycles. The molecule has 0 atom stereocenters. The molecule has 0 aliphatic heterocycles. The molecule has 1 aromatic carbocycles. The van der Waals surface area contributed by atoms with Crippen LogP contribution in [0.5, 0.6) is 0 Å². The van der Waals surface area contributed by atoms with Gasteiger partial charge in [-0.15, -0.1) is 0 Å². The Morgan fingerprint density at radius 3 is 2.56 bits per heavy atom. The first-order chi connectivity index (χ1) is 8.57. The highest BCUT2D eigenvalue weighted by Gasteiger charge is 2.32. The highest BCUT2D eigenvalue weighted by atomic mass is 35.5. The zero-order valence-corrected chi connectivity index (χ0v) is 11.8. The van der Waals surface area contributed by atoms with Crippen LogP contribution in [-0.4, -0.2) is 12.5 Å². The molecule has 0 aromatic heterocycles. The number of nitrogens with one attached hydrogen (secondary N) is 1. The number of carbonyl (C=O) groups is 1. The molecular formula is C14H21ClN2O. The summed E-state index contributed by atoms with van der Waals surface area (Å²) in [4.78, 5) is 12.2. The van der Waals surface area contributed by atoms with Crippen LogP contribution in [0, 0.1) is 5.41 Å². The van der Waals surface area contributed by atoms with Crippen LogP contribution in [0.15, 0.2) is 24.3 Å². The van der Waals surface area contributed by atoms with Crippen molar-refractivity contribution in [3.63, 3.8) is 0 Å². The summed E-state index contributed by atoms with van der Waals surface area (Å²) in [5.74, 6) is 0.0231. The summed E-state index contributed by atoms with van der Waals surface area (Å²) in [7, 11) is 0. The lowest BCUT2D eigenvalue weighted by molar-refractivity contribution is -0.131. The molecule has 3 nitrogen and oxygen atoms in total. The van der Waals surface area contributed by atoms with Crippen molar-refractivity contribution in [3.8, 4) is 0 Å². The lowest BCUT2D eigenvalue weighted by atomic mass is 9.81. The molecule has 0 spiro atoms. The summed E-state index contributed by atoms with van der Waals surface area (Å²) in [5, 5.41) is 3.62. The third-order valence-corrected chi connectivity index (χ3v) is 3.80. The van der Waals surface area contributed by atoms with E-state index in [1.165, 1.54) is 0 Å². The molecule has 0 aliphatic carbocycles. The van der Waals surface area contributed by atoms with Gasteiger partial charge in [0.25, 0.3) is 0 Å². The molecule has 100 valence electrons. The highest BCUT2D eigenvalue weighted by Crippen LogP contribution is 2.25. The van der Waals surface area contributed by atoms with Gasteiger partial charge in [-0.05, 0) is 30.5 Å². The average Bonchev–Trinajstić information content (AvgIpc) is 2.39. The van der Waals surface area contributed by atoms with E-state index >= 15 is 0 Å². The standard InChI is InChI=1S/C14H21ClN2O/c1-3-14(4-2,10-16)13(18)17-9-11-6-5-7-12(15)8-11/h5-8H,3-4,9-10,16H2,1-2H3,(H,17,18). The van der Waals surface area contributed by atoms with Crippen molar-refractivity contribution < 1.29 is 4.79 Å². The van der Waals surface area contributed by atoms with Crippen molar-refractivity contribution in [1.82, 2.24) is 5.32 Å². The Bertz CT molecular complexity index is 394. The van der Waals surface area contributed by atoms with E-state index in [2.05, 4.69) is 5.32 Å². The maximum atomic E-state index is 12.2. The van der Waals surface area contributed by atoms with E-state index in [-0.39, 0.29) is 5.91 Å². The molecule has 0 fully saturated rings. The minimum absolute atomic E-state index is 0.0231. The molecule has 0 heterocycles. The second kappa shape index (κ2) is 6.76. The molecule has 0 aliphatic rings. The topological polar surface area (TPSA) is 55.1 Å². The third-order valence-electron chi connectivity index (χ3n) is 3.57. The Kier molecular flexibility index (Phi) is 5.63. The van der Waals surface area contributed by atoms with Gasteiger partial charge in [-0.3, -0.25) is 4.79 Å². The minimum atomic E-state index is -0.446. The second-order valence-corrected chi connectivity index (χ2v) is 4.94. The summed E-state index contributed by atoms with van der Waals surface area (Å²) >= 11 is 5.90. The van der Waals surface area contributed by atoms with Gasteiger partial charge in [0.15, 0.2) is 0 Å². The highest BCUT2D eigenvalue weighted by molar-refractivity contribution is 6.30. The predicted octanol–water partition coefficient (Wildman–Crippen LogP) is 2.72. The Labute approximate surface area is 114 Å². The monoisotopic (exact) mass is 268 g/mol. The Hall–Kier alpha value is -1.06. The van der Waals surface area contributed by atoms with Crippen molar-refractivity contribution in [2.45, 2.75) is 33.2 Å². The van der Waals surface area contributed by atoms with Crippen LogP contribution in [-0.2, 0) is 11.3 Å². The van der Waals surface area contributed by atoms with Gasteiger partial charge in [-0.25, -0.2) is 0 Å². The van der Waals surface area contributed by atoms with Crippen molar-refractivity contribution in [2.24, 2.45) is 11.1 Å². The normalized spacial score (nSPS) is 11.3. The number of halogens is 1. The van der Waals surface area contributed by atoms with Crippen molar-refractivity contribution in [3.05, 3.63) is 34.9 Å². The van der Waals surface area contributed by atoms with Gasteiger partial charge >= 0.3 is 0 Å². The molecule has 3 N–H and O–H groups in total. The number of nitrogens with two attached hydrogens (primary N) is 1. The van der Waals surface area contributed by atoms with Crippen LogP contribution in [0.25, 0.3) is 0 Å². The van der Waals surface area contributed by atoms with Gasteiger partial charge in [0.05, 0.1) is 5.41 Å². The van der Waals surface area contributed by atoms with Crippen LogP contribution in [0.3, 0.4) is 0 Å². The van der Waals surface area contributed by atoms with Gasteiger partial charge < -0.3 is 11.1 Å². The lowest BCUT2D eigenvalue weighted by Crippen LogP contribution is -2.45. The van der Waals surface area contributed by atoms with Gasteiger partial charge in [0, 0.05) is 18.1 Å². The van der Waals surface area contributed by atoms with Gasteiger partial charge in [0.1, 0.15) is 0 Å². The van der Waals surface area contributed by atoms with E-state index in [1.54, 1.807) is 0 Å². The first-order valence-corrected chi connectivity index (χ1v) is 6.68. The van der Waals surface area contributed by atoms with Crippen LogP contribution >= 0.6 is 11.6 Å². The Morgan fingerprint density at radius 1 is 1.39 bits per heavy atom. The summed E-state index contributed by atoms with van der Waals surface area (Å²) < 4.78 is 0. The molecule has 0 bridgehead atoms. The van der Waals surface area contributed by atoms with Gasteiger partial charge in [0.2, 0.25) is 5.91 Å². The van der Waals surface area contributed by atoms with E-state index < -0.39 is 5.41 Å². The van der Waals surface area contributed by atoms with Crippen molar-refractivity contribution in [1.29, 1.82) is 0 Å². The molecule has 1 amide bonds. The average molecular weight is 269 g/mol. The maximum Gasteiger partial charge on any atom is 0.227 e. The molecule has 1 rings (SSSR count). The third kappa shape index (κ3) is 3.47. The predicted molar refractivity (Wildman–Crippen MR) is 75.4 cm³/mol. The summed E-state index contributed by atoms with van der Waals surface area (Å²) in [6.07, 6.45) is 1.50. The van der Waals surface area contributed by atoms with Crippen LogP contribution in [0.2, 0.25) is 5.02 Å². The first-order valence-electron chi connectivity index (χ1n) is 6.30. The molecule has 0 radical (unpaired) electrons. The fourth-order valence-electron chi connectivity index (χ4n) is 1.97. The van der Waals surface area contributed by atoms with E-state index in [0.717, 1.165) is 18.4 Å². The molecule has 18 heavy (non-hydrogen) atoms. The van der Waals surface area contributed by atoms with Crippen LogP contribution in [0.4, 0.5) is 0 Å². The van der Waals surface area contributed by atoms with Crippen LogP contribution in [0.1, 0.15) is 32.3 Å². The van der Waals surface area contributed by atoms with E-state index in [1.807, 2.05) is 38.1 Å². The smallest absolute Gasteiger partial charge is 0.227 e. The maximum absolute atomic E-state index is 12.2. The molecule has 4 heteroatoms. The number of rotatable bonds is 6. The molecular weight excluding hydrogens is 248 g/mol. The largest absolute Gasteiger partial charge is 0.352 e. The van der Waals surface area contributed by atoms with E-state index in [4.69, 9.17) is 17.3 Å². The summed E-state index contributed by atoms with van der Waals surface area (Å²) in [5.41, 5.74) is 6.29. The molecule has 1 aromatic rings. The lowest BCUT2D eigenvalue weighted by Gasteiger charge is -2.28. The quantitative estimate of drug-likeness (QED) is 0.834. The Balaban J connectivity index is 2.65. The summed E-state index contributed by atoms with van der Waals surface area (Å²) in [6.45, 7) is 4.85. The summed E-state index contributed by atoms with van der Waals surface area (Å²) in [6, 6.07) is 7.48. The number of hydrogen-bond acceptors (Lipinski definition) is 2. The zero-order chi connectivity index (χ0) is 13.6. The number of benzene rings is 1. The van der Waals surface area contributed by atoms with Crippen molar-refractivity contribution >= 4 is 17.5 Å². The molecule has 0 unspecified atom stereocenters. The Morgan fingerprint density at radius 2 is 2.06 bits per heavy atom. The first kappa shape index (κ1) is 15.0. The second-order valence-electron chi connectivity index (χ2n) is 4.50. The van der Waals surface area contributed by atoms with E-state index in [9.17, 15) is 4.79 Å². The van der Waals surface area contributed by atoms with Crippen molar-refractivity contribution in [2.75, 3.05) is 6.54 Å². The number of carbonyl (C=O) groups excluding carboxylic acids is 1. The minimum Gasteiger partial charge on any atom is -0.352 e.